The summed E-state index contributed by atoms with van der Waals surface area (Å²) in [5, 5.41) is 4.35. The lowest BCUT2D eigenvalue weighted by atomic mass is 10.0. The van der Waals surface area contributed by atoms with Gasteiger partial charge < -0.3 is 9.64 Å². The lowest BCUT2D eigenvalue weighted by Crippen LogP contribution is -2.41. The number of nitrogens with one attached hydrogen (secondary N) is 1. The van der Waals surface area contributed by atoms with Gasteiger partial charge in [-0.05, 0) is 43.5 Å². The van der Waals surface area contributed by atoms with Crippen LogP contribution in [0.5, 0.6) is 0 Å². The van der Waals surface area contributed by atoms with E-state index in [0.29, 0.717) is 6.61 Å². The maximum Gasteiger partial charge on any atom is 0.376 e. The predicted molar refractivity (Wildman–Crippen MR) is 96.2 cm³/mol. The van der Waals surface area contributed by atoms with Crippen molar-refractivity contribution >= 4 is 23.2 Å². The van der Waals surface area contributed by atoms with Gasteiger partial charge in [0.15, 0.2) is 0 Å². The summed E-state index contributed by atoms with van der Waals surface area (Å²) < 4.78 is 5.21. The predicted octanol–water partition coefficient (Wildman–Crippen LogP) is 3.43. The van der Waals surface area contributed by atoms with Crippen molar-refractivity contribution in [2.24, 2.45) is 5.10 Å². The molecule has 0 spiro atoms. The van der Waals surface area contributed by atoms with Crippen molar-refractivity contribution in [1.29, 1.82) is 0 Å². The zero-order valence-electron chi connectivity index (χ0n) is 13.7. The fraction of sp³-hybridized carbons (Fsp3) is 0.263. The molecule has 0 saturated carbocycles. The Morgan fingerprint density at radius 2 is 1.92 bits per heavy atom. The molecule has 0 aromatic heterocycles. The van der Waals surface area contributed by atoms with Crippen molar-refractivity contribution in [3.8, 4) is 0 Å². The highest BCUT2D eigenvalue weighted by Crippen LogP contribution is 2.27. The molecule has 0 amide bonds. The molecule has 1 N–H and O–H groups in total. The van der Waals surface area contributed by atoms with Crippen molar-refractivity contribution < 1.29 is 9.53 Å². The molecule has 0 bridgehead atoms. The zero-order chi connectivity index (χ0) is 16.8. The number of hydrogen-bond acceptors (Lipinski definition) is 4. The van der Waals surface area contributed by atoms with Crippen molar-refractivity contribution in [1.82, 2.24) is 0 Å². The molecule has 0 fully saturated rings. The fourth-order valence-corrected chi connectivity index (χ4v) is 2.80. The summed E-state index contributed by atoms with van der Waals surface area (Å²) in [7, 11) is 0. The molecule has 0 radical (unpaired) electrons. The van der Waals surface area contributed by atoms with Crippen LogP contribution in [0.2, 0.25) is 0 Å². The second-order valence-corrected chi connectivity index (χ2v) is 5.52. The number of nitrogens with zero attached hydrogens (tertiary/aromatic N) is 2. The first kappa shape index (κ1) is 16.1. The Morgan fingerprint density at radius 1 is 1.17 bits per heavy atom. The van der Waals surface area contributed by atoms with Gasteiger partial charge in [0.25, 0.3) is 0 Å². The minimum atomic E-state index is -0.419. The van der Waals surface area contributed by atoms with Crippen LogP contribution in [0.1, 0.15) is 18.9 Å². The SMILES string of the molecule is CCOC(=O)/C(=N\Nc1ccccc1)N1CCCc2ccccc21. The highest BCUT2D eigenvalue weighted by Gasteiger charge is 2.26. The molecule has 5 nitrogen and oxygen atoms in total. The lowest BCUT2D eigenvalue weighted by Gasteiger charge is -2.30. The van der Waals surface area contributed by atoms with Crippen molar-refractivity contribution in [2.45, 2.75) is 19.8 Å². The van der Waals surface area contributed by atoms with Crippen LogP contribution in [-0.2, 0) is 16.0 Å². The number of hydrogen-bond donors (Lipinski definition) is 1. The van der Waals surface area contributed by atoms with Gasteiger partial charge in [0, 0.05) is 12.2 Å². The number of ether oxygens (including phenoxy) is 1. The topological polar surface area (TPSA) is 53.9 Å². The second-order valence-electron chi connectivity index (χ2n) is 5.52. The molecule has 0 unspecified atom stereocenters. The Balaban J connectivity index is 1.92. The van der Waals surface area contributed by atoms with Crippen LogP contribution in [0.25, 0.3) is 0 Å². The first-order valence-corrected chi connectivity index (χ1v) is 8.21. The number of aryl methyl sites for hydroxylation is 1. The van der Waals surface area contributed by atoms with Crippen molar-refractivity contribution in [3.63, 3.8) is 0 Å². The molecule has 1 aliphatic rings. The van der Waals surface area contributed by atoms with Crippen molar-refractivity contribution in [3.05, 3.63) is 60.2 Å². The molecule has 2 aromatic rings. The number of esters is 1. The van der Waals surface area contributed by atoms with Gasteiger partial charge in [0.1, 0.15) is 0 Å². The first-order chi connectivity index (χ1) is 11.8. The quantitative estimate of drug-likeness (QED) is 0.407. The van der Waals surface area contributed by atoms with Gasteiger partial charge in [-0.3, -0.25) is 5.43 Å². The number of para-hydroxylation sites is 2. The molecule has 1 aliphatic heterocycles. The summed E-state index contributed by atoms with van der Waals surface area (Å²) in [6.07, 6.45) is 1.98. The number of carbonyl (C=O) groups excluding carboxylic acids is 1. The van der Waals surface area contributed by atoms with Crippen LogP contribution >= 0.6 is 0 Å². The van der Waals surface area contributed by atoms with Crippen LogP contribution in [0.15, 0.2) is 59.7 Å². The minimum absolute atomic E-state index is 0.285. The number of hydrazone groups is 1. The van der Waals surface area contributed by atoms with E-state index in [-0.39, 0.29) is 5.84 Å². The molecule has 0 aliphatic carbocycles. The molecular formula is C19H21N3O2. The monoisotopic (exact) mass is 323 g/mol. The highest BCUT2D eigenvalue weighted by atomic mass is 16.5. The third-order valence-electron chi connectivity index (χ3n) is 3.89. The largest absolute Gasteiger partial charge is 0.460 e. The number of anilines is 2. The molecule has 5 heteroatoms. The molecule has 24 heavy (non-hydrogen) atoms. The van der Waals surface area contributed by atoms with E-state index in [1.807, 2.05) is 53.4 Å². The number of fused-ring (bicyclic) bond motifs is 1. The molecule has 124 valence electrons. The fourth-order valence-electron chi connectivity index (χ4n) is 2.80. The average molecular weight is 323 g/mol. The summed E-state index contributed by atoms with van der Waals surface area (Å²) >= 11 is 0. The van der Waals surface area contributed by atoms with Gasteiger partial charge in [-0.2, -0.15) is 0 Å². The highest BCUT2D eigenvalue weighted by molar-refractivity contribution is 6.41. The van der Waals surface area contributed by atoms with E-state index in [4.69, 9.17) is 4.74 Å². The van der Waals surface area contributed by atoms with Crippen LogP contribution in [0, 0.1) is 0 Å². The summed E-state index contributed by atoms with van der Waals surface area (Å²) in [6.45, 7) is 2.86. The summed E-state index contributed by atoms with van der Waals surface area (Å²) in [6, 6.07) is 17.7. The van der Waals surface area contributed by atoms with E-state index in [1.54, 1.807) is 6.92 Å². The van der Waals surface area contributed by atoms with Crippen molar-refractivity contribution in [2.75, 3.05) is 23.5 Å². The van der Waals surface area contributed by atoms with Gasteiger partial charge >= 0.3 is 5.97 Å². The third kappa shape index (κ3) is 3.56. The molecular weight excluding hydrogens is 302 g/mol. The molecule has 1 heterocycles. The van der Waals surface area contributed by atoms with E-state index in [0.717, 1.165) is 30.8 Å². The number of rotatable bonds is 3. The molecule has 0 saturated heterocycles. The lowest BCUT2D eigenvalue weighted by molar-refractivity contribution is -0.135. The van der Waals surface area contributed by atoms with E-state index in [1.165, 1.54) is 5.56 Å². The Labute approximate surface area is 141 Å². The number of carbonyl (C=O) groups is 1. The van der Waals surface area contributed by atoms with E-state index in [2.05, 4.69) is 16.6 Å². The van der Waals surface area contributed by atoms with E-state index >= 15 is 0 Å². The zero-order valence-corrected chi connectivity index (χ0v) is 13.7. The van der Waals surface area contributed by atoms with Gasteiger partial charge in [0.05, 0.1) is 12.3 Å². The second kappa shape index (κ2) is 7.64. The van der Waals surface area contributed by atoms with E-state index < -0.39 is 5.97 Å². The summed E-state index contributed by atoms with van der Waals surface area (Å²) in [5.41, 5.74) is 6.02. The van der Waals surface area contributed by atoms with Gasteiger partial charge in [-0.25, -0.2) is 4.79 Å². The van der Waals surface area contributed by atoms with Gasteiger partial charge in [-0.15, -0.1) is 5.10 Å². The standard InChI is InChI=1S/C19H21N3O2/c1-2-24-19(23)18(21-20-16-11-4-3-5-12-16)22-14-8-10-15-9-6-7-13-17(15)22/h3-7,9,11-13,20H,2,8,10,14H2,1H3/b21-18+. The van der Waals surface area contributed by atoms with Crippen LogP contribution in [-0.4, -0.2) is 25.0 Å². The Kier molecular flexibility index (Phi) is 5.11. The molecule has 0 atom stereocenters. The van der Waals surface area contributed by atoms with Crippen LogP contribution in [0.4, 0.5) is 11.4 Å². The first-order valence-electron chi connectivity index (χ1n) is 8.21. The van der Waals surface area contributed by atoms with Crippen LogP contribution in [0.3, 0.4) is 0 Å². The van der Waals surface area contributed by atoms with E-state index in [9.17, 15) is 4.79 Å². The van der Waals surface area contributed by atoms with Gasteiger partial charge in [-0.1, -0.05) is 36.4 Å². The molecule has 2 aromatic carbocycles. The Hall–Kier alpha value is -2.82. The summed E-state index contributed by atoms with van der Waals surface area (Å²) in [4.78, 5) is 14.4. The van der Waals surface area contributed by atoms with Crippen LogP contribution < -0.4 is 10.3 Å². The maximum atomic E-state index is 12.4. The van der Waals surface area contributed by atoms with Gasteiger partial charge in [0.2, 0.25) is 5.84 Å². The smallest absolute Gasteiger partial charge is 0.376 e. The minimum Gasteiger partial charge on any atom is -0.460 e. The summed E-state index contributed by atoms with van der Waals surface area (Å²) in [5.74, 6) is -0.134. The number of benzene rings is 2. The number of amidine groups is 1. The third-order valence-corrected chi connectivity index (χ3v) is 3.89. The normalized spacial score (nSPS) is 14.0. The molecule has 3 rings (SSSR count). The maximum absolute atomic E-state index is 12.4. The Morgan fingerprint density at radius 3 is 2.71 bits per heavy atom. The Bertz CT molecular complexity index is 728. The average Bonchev–Trinajstić information content (AvgIpc) is 2.63.